The molecule has 1 aromatic carbocycles. The Kier molecular flexibility index (Phi) is 5.51. The standard InChI is InChI=1S/C21H21FN6O2/c1-27-19(29)11-18(17-8-9-23-13-24-17)26-21(27)28-10-4-5-14(12-28)20(30)25-16-7-3-2-6-15(16)22/h2-3,6-9,11,13-14H,4-5,10,12H2,1H3,(H,25,30). The highest BCUT2D eigenvalue weighted by molar-refractivity contribution is 5.93. The van der Waals surface area contributed by atoms with Crippen LogP contribution in [0.4, 0.5) is 16.0 Å². The van der Waals surface area contributed by atoms with Gasteiger partial charge in [0.1, 0.15) is 12.1 Å². The lowest BCUT2D eigenvalue weighted by Gasteiger charge is -2.33. The van der Waals surface area contributed by atoms with Gasteiger partial charge in [-0.15, -0.1) is 0 Å². The molecule has 1 fully saturated rings. The molecule has 0 radical (unpaired) electrons. The topological polar surface area (TPSA) is 93.0 Å². The fourth-order valence-corrected chi connectivity index (χ4v) is 3.55. The van der Waals surface area contributed by atoms with Gasteiger partial charge in [-0.3, -0.25) is 14.2 Å². The number of amides is 1. The highest BCUT2D eigenvalue weighted by Gasteiger charge is 2.28. The van der Waals surface area contributed by atoms with Crippen LogP contribution in [0.15, 0.2) is 53.7 Å². The summed E-state index contributed by atoms with van der Waals surface area (Å²) in [5, 5.41) is 2.67. The number of aromatic nitrogens is 4. The van der Waals surface area contributed by atoms with E-state index < -0.39 is 5.82 Å². The summed E-state index contributed by atoms with van der Waals surface area (Å²) in [6.07, 6.45) is 4.42. The molecule has 1 unspecified atom stereocenters. The average molecular weight is 408 g/mol. The van der Waals surface area contributed by atoms with E-state index in [-0.39, 0.29) is 23.1 Å². The summed E-state index contributed by atoms with van der Waals surface area (Å²) in [6.45, 7) is 1.05. The smallest absolute Gasteiger partial charge is 0.255 e. The van der Waals surface area contributed by atoms with Crippen molar-refractivity contribution < 1.29 is 9.18 Å². The highest BCUT2D eigenvalue weighted by atomic mass is 19.1. The maximum absolute atomic E-state index is 13.9. The van der Waals surface area contributed by atoms with Gasteiger partial charge in [-0.1, -0.05) is 12.1 Å². The molecule has 3 aromatic rings. The van der Waals surface area contributed by atoms with Crippen molar-refractivity contribution in [2.75, 3.05) is 23.3 Å². The lowest BCUT2D eigenvalue weighted by Crippen LogP contribution is -2.43. The molecule has 3 heterocycles. The molecule has 1 N–H and O–H groups in total. The number of nitrogens with zero attached hydrogens (tertiary/aromatic N) is 5. The molecule has 30 heavy (non-hydrogen) atoms. The van der Waals surface area contributed by atoms with Crippen LogP contribution < -0.4 is 15.8 Å². The molecule has 0 saturated carbocycles. The quantitative estimate of drug-likeness (QED) is 0.712. The third-order valence-corrected chi connectivity index (χ3v) is 5.16. The van der Waals surface area contributed by atoms with Crippen LogP contribution >= 0.6 is 0 Å². The largest absolute Gasteiger partial charge is 0.341 e. The van der Waals surface area contributed by atoms with Crippen LogP contribution in [0.2, 0.25) is 0 Å². The first-order valence-electron chi connectivity index (χ1n) is 9.68. The molecule has 9 heteroatoms. The predicted octanol–water partition coefficient (Wildman–Crippen LogP) is 2.23. The Morgan fingerprint density at radius 1 is 1.23 bits per heavy atom. The van der Waals surface area contributed by atoms with E-state index in [1.165, 1.54) is 29.1 Å². The minimum Gasteiger partial charge on any atom is -0.341 e. The predicted molar refractivity (Wildman–Crippen MR) is 110 cm³/mol. The van der Waals surface area contributed by atoms with Crippen LogP contribution in [0.5, 0.6) is 0 Å². The highest BCUT2D eigenvalue weighted by Crippen LogP contribution is 2.24. The van der Waals surface area contributed by atoms with Crippen LogP contribution in [0.3, 0.4) is 0 Å². The van der Waals surface area contributed by atoms with Gasteiger partial charge in [0.05, 0.1) is 23.0 Å². The summed E-state index contributed by atoms with van der Waals surface area (Å²) in [7, 11) is 1.65. The molecule has 8 nitrogen and oxygen atoms in total. The van der Waals surface area contributed by atoms with E-state index in [2.05, 4.69) is 20.3 Å². The van der Waals surface area contributed by atoms with Gasteiger partial charge >= 0.3 is 0 Å². The number of halogens is 1. The number of para-hydroxylation sites is 1. The van der Waals surface area contributed by atoms with Gasteiger partial charge in [0.2, 0.25) is 11.9 Å². The molecular formula is C21H21FN6O2. The average Bonchev–Trinajstić information content (AvgIpc) is 2.78. The molecule has 0 bridgehead atoms. The molecule has 4 rings (SSSR count). The van der Waals surface area contributed by atoms with E-state index >= 15 is 0 Å². The minimum atomic E-state index is -0.472. The molecule has 1 saturated heterocycles. The Labute approximate surface area is 172 Å². The lowest BCUT2D eigenvalue weighted by molar-refractivity contribution is -0.120. The van der Waals surface area contributed by atoms with E-state index in [4.69, 9.17) is 0 Å². The van der Waals surface area contributed by atoms with Crippen molar-refractivity contribution in [3.05, 3.63) is 65.1 Å². The van der Waals surface area contributed by atoms with Crippen LogP contribution in [0, 0.1) is 11.7 Å². The minimum absolute atomic E-state index is 0.163. The third-order valence-electron chi connectivity index (χ3n) is 5.16. The first kappa shape index (κ1) is 19.7. The van der Waals surface area contributed by atoms with Crippen LogP contribution in [-0.2, 0) is 11.8 Å². The zero-order chi connectivity index (χ0) is 21.1. The zero-order valence-electron chi connectivity index (χ0n) is 16.5. The summed E-state index contributed by atoms with van der Waals surface area (Å²) in [5.74, 6) is -0.598. The molecule has 0 aliphatic carbocycles. The van der Waals surface area contributed by atoms with Gasteiger partial charge in [-0.2, -0.15) is 0 Å². The summed E-state index contributed by atoms with van der Waals surface area (Å²) >= 11 is 0. The number of nitrogens with one attached hydrogen (secondary N) is 1. The van der Waals surface area contributed by atoms with E-state index in [1.807, 2.05) is 4.90 Å². The maximum atomic E-state index is 13.9. The number of anilines is 2. The van der Waals surface area contributed by atoms with E-state index in [9.17, 15) is 14.0 Å². The second kappa shape index (κ2) is 8.40. The Balaban J connectivity index is 1.57. The molecule has 1 atom stereocenters. The molecule has 1 amide bonds. The number of carbonyl (C=O) groups is 1. The van der Waals surface area contributed by atoms with Gasteiger partial charge in [-0.05, 0) is 31.0 Å². The van der Waals surface area contributed by atoms with Crippen molar-refractivity contribution in [3.63, 3.8) is 0 Å². The number of hydrogen-bond acceptors (Lipinski definition) is 6. The van der Waals surface area contributed by atoms with Crippen molar-refractivity contribution in [2.24, 2.45) is 13.0 Å². The van der Waals surface area contributed by atoms with Crippen LogP contribution in [0.25, 0.3) is 11.4 Å². The van der Waals surface area contributed by atoms with Crippen molar-refractivity contribution >= 4 is 17.5 Å². The van der Waals surface area contributed by atoms with Crippen molar-refractivity contribution in [2.45, 2.75) is 12.8 Å². The maximum Gasteiger partial charge on any atom is 0.255 e. The molecule has 0 spiro atoms. The van der Waals surface area contributed by atoms with Crippen molar-refractivity contribution in [1.29, 1.82) is 0 Å². The van der Waals surface area contributed by atoms with Crippen LogP contribution in [0.1, 0.15) is 12.8 Å². The number of carbonyl (C=O) groups excluding carboxylic acids is 1. The van der Waals surface area contributed by atoms with Gasteiger partial charge in [-0.25, -0.2) is 19.3 Å². The first-order chi connectivity index (χ1) is 14.5. The molecule has 154 valence electrons. The molecule has 2 aromatic heterocycles. The second-order valence-electron chi connectivity index (χ2n) is 7.19. The number of hydrogen-bond donors (Lipinski definition) is 1. The second-order valence-corrected chi connectivity index (χ2v) is 7.19. The van der Waals surface area contributed by atoms with E-state index in [0.29, 0.717) is 36.8 Å². The summed E-state index contributed by atoms with van der Waals surface area (Å²) in [6, 6.07) is 9.20. The first-order valence-corrected chi connectivity index (χ1v) is 9.68. The SMILES string of the molecule is Cn1c(N2CCCC(C(=O)Nc3ccccc3F)C2)nc(-c2ccncn2)cc1=O. The fourth-order valence-electron chi connectivity index (χ4n) is 3.55. The van der Waals surface area contributed by atoms with Crippen molar-refractivity contribution in [3.8, 4) is 11.4 Å². The lowest BCUT2D eigenvalue weighted by atomic mass is 9.97. The summed E-state index contributed by atoms with van der Waals surface area (Å²) < 4.78 is 15.3. The number of piperidine rings is 1. The van der Waals surface area contributed by atoms with Gasteiger partial charge in [0.25, 0.3) is 5.56 Å². The van der Waals surface area contributed by atoms with Crippen molar-refractivity contribution in [1.82, 2.24) is 19.5 Å². The molecule has 1 aliphatic rings. The molecule has 1 aliphatic heterocycles. The zero-order valence-corrected chi connectivity index (χ0v) is 16.5. The summed E-state index contributed by atoms with van der Waals surface area (Å²) in [4.78, 5) is 39.8. The van der Waals surface area contributed by atoms with Gasteiger partial charge in [0, 0.05) is 32.4 Å². The summed E-state index contributed by atoms with van der Waals surface area (Å²) in [5.41, 5.74) is 0.950. The Morgan fingerprint density at radius 3 is 2.83 bits per heavy atom. The normalized spacial score (nSPS) is 16.3. The fraction of sp³-hybridized carbons (Fsp3) is 0.286. The van der Waals surface area contributed by atoms with Gasteiger partial charge < -0.3 is 10.2 Å². The van der Waals surface area contributed by atoms with Gasteiger partial charge in [0.15, 0.2) is 0 Å². The van der Waals surface area contributed by atoms with E-state index in [1.54, 1.807) is 31.4 Å². The Bertz CT molecular complexity index is 1120. The third kappa shape index (κ3) is 4.05. The monoisotopic (exact) mass is 408 g/mol. The molecular weight excluding hydrogens is 387 g/mol. The number of rotatable bonds is 4. The van der Waals surface area contributed by atoms with E-state index in [0.717, 1.165) is 6.42 Å². The Hall–Kier alpha value is -3.62. The Morgan fingerprint density at radius 2 is 2.07 bits per heavy atom. The van der Waals surface area contributed by atoms with Crippen LogP contribution in [-0.4, -0.2) is 38.5 Å². The number of benzene rings is 1.